The third kappa shape index (κ3) is 4.40. The van der Waals surface area contributed by atoms with Crippen LogP contribution in [0.25, 0.3) is 0 Å². The smallest absolute Gasteiger partial charge is 0.358 e. The van der Waals surface area contributed by atoms with Gasteiger partial charge in [-0.25, -0.2) is 4.79 Å². The summed E-state index contributed by atoms with van der Waals surface area (Å²) in [4.78, 5) is 27.7. The van der Waals surface area contributed by atoms with Crippen LogP contribution in [0, 0.1) is 0 Å². The number of likely N-dealkylation sites (tertiary alicyclic amines) is 1. The molecule has 2 heterocycles. The average molecular weight is 414 g/mol. The number of nitrogens with zero attached hydrogens (tertiary/aromatic N) is 6. The molecule has 0 bridgehead atoms. The summed E-state index contributed by atoms with van der Waals surface area (Å²) in [6, 6.07) is -3.72. The van der Waals surface area contributed by atoms with Gasteiger partial charge in [-0.05, 0) is 29.4 Å². The summed E-state index contributed by atoms with van der Waals surface area (Å²) >= 11 is 0. The number of methoxy groups -OCH3 is 1. The highest BCUT2D eigenvalue weighted by Gasteiger charge is 2.43. The lowest BCUT2D eigenvalue weighted by Crippen LogP contribution is -2.59. The Labute approximate surface area is 186 Å². The molecule has 0 unspecified atom stereocenters. The van der Waals surface area contributed by atoms with Gasteiger partial charge in [-0.2, -0.15) is 9.36 Å². The molecular formula is C20H30N6O3. The molecule has 1 aromatic heterocycles. The van der Waals surface area contributed by atoms with Gasteiger partial charge in [-0.15, -0.1) is 0 Å². The second-order valence-corrected chi connectivity index (χ2v) is 6.21. The monoisotopic (exact) mass is 413 g/mol. The van der Waals surface area contributed by atoms with Crippen LogP contribution in [-0.2, 0) is 22.6 Å². The normalized spacial score (nSPS) is 23.6. The number of tetrazole rings is 1. The van der Waals surface area contributed by atoms with Crippen LogP contribution in [0.5, 0.6) is 0 Å². The molecule has 3 rings (SSSR count). The quantitative estimate of drug-likeness (QED) is 0.607. The summed E-state index contributed by atoms with van der Waals surface area (Å²) in [6.07, 6.45) is -3.12. The first-order valence-corrected chi connectivity index (χ1v) is 9.05. The first-order chi connectivity index (χ1) is 18.3. The van der Waals surface area contributed by atoms with E-state index in [1.807, 2.05) is 0 Å². The number of benzene rings is 1. The van der Waals surface area contributed by atoms with E-state index in [0.717, 1.165) is 16.5 Å². The van der Waals surface area contributed by atoms with Gasteiger partial charge in [-0.3, -0.25) is 9.69 Å². The van der Waals surface area contributed by atoms with E-state index in [-0.39, 0.29) is 32.5 Å². The maximum Gasteiger partial charge on any atom is 0.363 e. The predicted octanol–water partition coefficient (Wildman–Crippen LogP) is 1.34. The molecule has 1 fully saturated rings. The Morgan fingerprint density at radius 3 is 2.41 bits per heavy atom. The Morgan fingerprint density at radius 1 is 1.21 bits per heavy atom. The maximum atomic E-state index is 13.5. The molecule has 0 aliphatic carbocycles. The van der Waals surface area contributed by atoms with E-state index < -0.39 is 72.6 Å². The van der Waals surface area contributed by atoms with Crippen molar-refractivity contribution in [3.8, 4) is 0 Å². The van der Waals surface area contributed by atoms with E-state index in [0.29, 0.717) is 9.58 Å². The van der Waals surface area contributed by atoms with Gasteiger partial charge in [0.15, 0.2) is 0 Å². The van der Waals surface area contributed by atoms with Crippen LogP contribution in [0.1, 0.15) is 48.1 Å². The minimum Gasteiger partial charge on any atom is -0.358 e. The minimum absolute atomic E-state index is 0.0873. The van der Waals surface area contributed by atoms with Gasteiger partial charge in [-0.1, -0.05) is 25.1 Å². The fourth-order valence-electron chi connectivity index (χ4n) is 3.11. The number of ether oxygens (including phenoxy) is 1. The number of carbonyl (C=O) groups is 1. The number of aryl methyl sites for hydroxylation is 2. The topological polar surface area (TPSA) is 85.5 Å². The summed E-state index contributed by atoms with van der Waals surface area (Å²) in [5.74, 6) is -1.25. The molecule has 0 spiro atoms. The SMILES string of the molecule is [2H]c1c([2H])c([2H])c(N(C(=O)C([2H])([2H])C)C2(OC)CCN(C([2H])([2H])C([2H])([2H])n3nnn(CC)c3=O)CC2)c([2H])c1[2H]. The standard InChI is InChI=1S/C20H30N6O3/c1-4-18(27)26(17-9-7-6-8-10-17)20(29-3)11-13-23(14-12-20)15-16-25-19(28)24(5-2)21-22-25/h6-10H,4-5,11-16H2,1-3H3/i4D2,6D,7D,8D,9D,10D,15D2,16D2. The van der Waals surface area contributed by atoms with E-state index in [4.69, 9.17) is 19.8 Å². The van der Waals surface area contributed by atoms with E-state index in [1.165, 1.54) is 7.11 Å². The predicted molar refractivity (Wildman–Crippen MR) is 110 cm³/mol. The highest BCUT2D eigenvalue weighted by atomic mass is 16.5. The summed E-state index contributed by atoms with van der Waals surface area (Å²) in [5, 5.41) is 7.03. The zero-order valence-corrected chi connectivity index (χ0v) is 16.4. The molecule has 9 heteroatoms. The first-order valence-electron chi connectivity index (χ1n) is 14.5. The molecule has 2 aromatic rings. The van der Waals surface area contributed by atoms with Crippen LogP contribution in [0.4, 0.5) is 5.69 Å². The third-order valence-corrected chi connectivity index (χ3v) is 4.71. The van der Waals surface area contributed by atoms with Crippen molar-refractivity contribution in [1.82, 2.24) is 24.7 Å². The fourth-order valence-corrected chi connectivity index (χ4v) is 3.11. The van der Waals surface area contributed by atoms with Gasteiger partial charge in [0.2, 0.25) is 5.91 Å². The molecule has 0 N–H and O–H groups in total. The average Bonchev–Trinajstić information content (AvgIpc) is 3.28. The molecule has 0 radical (unpaired) electrons. The number of hydrogen-bond acceptors (Lipinski definition) is 6. The van der Waals surface area contributed by atoms with Crippen LogP contribution >= 0.6 is 0 Å². The molecule has 1 saturated heterocycles. The first kappa shape index (κ1) is 11.0. The Morgan fingerprint density at radius 2 is 1.86 bits per heavy atom. The van der Waals surface area contributed by atoms with Crippen molar-refractivity contribution < 1.29 is 24.6 Å². The Hall–Kier alpha value is -2.52. The number of hydrogen-bond donors (Lipinski definition) is 0. The number of anilines is 1. The molecule has 158 valence electrons. The molecule has 1 aliphatic heterocycles. The maximum absolute atomic E-state index is 13.5. The molecule has 1 aromatic carbocycles. The van der Waals surface area contributed by atoms with Gasteiger partial charge < -0.3 is 9.64 Å². The highest BCUT2D eigenvalue weighted by molar-refractivity contribution is 5.94. The van der Waals surface area contributed by atoms with E-state index in [1.54, 1.807) is 6.92 Å². The molecule has 9 nitrogen and oxygen atoms in total. The van der Waals surface area contributed by atoms with Gasteiger partial charge in [0.05, 0.1) is 16.1 Å². The van der Waals surface area contributed by atoms with Crippen LogP contribution in [-0.4, -0.2) is 63.0 Å². The second-order valence-electron chi connectivity index (χ2n) is 6.21. The Balaban J connectivity index is 2.08. The van der Waals surface area contributed by atoms with Crippen LogP contribution in [0.2, 0.25) is 0 Å². The summed E-state index contributed by atoms with van der Waals surface area (Å²) in [7, 11) is 1.19. The fraction of sp³-hybridized carbons (Fsp3) is 0.600. The van der Waals surface area contributed by atoms with Crippen LogP contribution < -0.4 is 10.6 Å². The Bertz CT molecular complexity index is 1320. The third-order valence-electron chi connectivity index (χ3n) is 4.71. The van der Waals surface area contributed by atoms with Crippen molar-refractivity contribution >= 4 is 11.6 Å². The van der Waals surface area contributed by atoms with Crippen molar-refractivity contribution in [3.63, 3.8) is 0 Å². The largest absolute Gasteiger partial charge is 0.363 e. The van der Waals surface area contributed by atoms with E-state index >= 15 is 0 Å². The molecular weight excluding hydrogens is 372 g/mol. The lowest BCUT2D eigenvalue weighted by atomic mass is 9.96. The number of rotatable bonds is 8. The molecule has 1 aliphatic rings. The lowest BCUT2D eigenvalue weighted by molar-refractivity contribution is -0.128. The minimum atomic E-state index is -2.99. The number of para-hydroxylation sites is 1. The van der Waals surface area contributed by atoms with Crippen molar-refractivity contribution in [1.29, 1.82) is 0 Å². The molecule has 0 saturated carbocycles. The summed E-state index contributed by atoms with van der Waals surface area (Å²) in [6.45, 7) is -3.81. The van der Waals surface area contributed by atoms with Crippen LogP contribution in [0.3, 0.4) is 0 Å². The molecule has 29 heavy (non-hydrogen) atoms. The van der Waals surface area contributed by atoms with Gasteiger partial charge in [0.1, 0.15) is 5.72 Å². The van der Waals surface area contributed by atoms with Gasteiger partial charge in [0, 0.05) is 63.6 Å². The Kier molecular flexibility index (Phi) is 3.54. The van der Waals surface area contributed by atoms with E-state index in [2.05, 4.69) is 10.4 Å². The lowest BCUT2D eigenvalue weighted by Gasteiger charge is -2.47. The number of amides is 1. The molecule has 1 amide bonds. The van der Waals surface area contributed by atoms with Crippen molar-refractivity contribution in [2.45, 2.75) is 51.8 Å². The van der Waals surface area contributed by atoms with E-state index in [9.17, 15) is 9.59 Å². The molecule has 0 atom stereocenters. The van der Waals surface area contributed by atoms with Crippen LogP contribution in [0.15, 0.2) is 35.0 Å². The number of aromatic nitrogens is 4. The highest BCUT2D eigenvalue weighted by Crippen LogP contribution is 2.34. The van der Waals surface area contributed by atoms with Crippen molar-refractivity contribution in [3.05, 3.63) is 40.7 Å². The zero-order chi connectivity index (χ0) is 30.6. The zero-order valence-electron chi connectivity index (χ0n) is 27.4. The van der Waals surface area contributed by atoms with Crippen molar-refractivity contribution in [2.75, 3.05) is 31.6 Å². The summed E-state index contributed by atoms with van der Waals surface area (Å²) < 4.78 is 97.7. The van der Waals surface area contributed by atoms with Gasteiger partial charge >= 0.3 is 5.69 Å². The summed E-state index contributed by atoms with van der Waals surface area (Å²) in [5.41, 5.74) is -3.35. The number of piperidine rings is 1. The van der Waals surface area contributed by atoms with Gasteiger partial charge in [0.25, 0.3) is 0 Å². The second kappa shape index (κ2) is 9.32. The number of carbonyl (C=O) groups excluding carboxylic acids is 1. The van der Waals surface area contributed by atoms with Crippen molar-refractivity contribution in [2.24, 2.45) is 0 Å².